The van der Waals surface area contributed by atoms with Crippen molar-refractivity contribution in [3.63, 3.8) is 0 Å². The molecule has 0 unspecified atom stereocenters. The summed E-state index contributed by atoms with van der Waals surface area (Å²) >= 11 is 0. The van der Waals surface area contributed by atoms with Gasteiger partial charge in [-0.2, -0.15) is 0 Å². The number of para-hydroxylation sites is 1. The Morgan fingerprint density at radius 1 is 1.35 bits per heavy atom. The third-order valence-corrected chi connectivity index (χ3v) is 2.83. The maximum absolute atomic E-state index is 11.5. The first-order valence-electron chi connectivity index (χ1n) is 6.70. The fourth-order valence-corrected chi connectivity index (χ4v) is 1.71. The van der Waals surface area contributed by atoms with Gasteiger partial charge < -0.3 is 10.6 Å². The van der Waals surface area contributed by atoms with Crippen LogP contribution in [-0.2, 0) is 11.3 Å². The third-order valence-electron chi connectivity index (χ3n) is 2.83. The summed E-state index contributed by atoms with van der Waals surface area (Å²) in [5.74, 6) is 0.458. The number of carbonyl (C=O) groups is 1. The predicted molar refractivity (Wildman–Crippen MR) is 77.3 cm³/mol. The lowest BCUT2D eigenvalue weighted by atomic mass is 10.1. The molecule has 1 rings (SSSR count). The molecule has 0 aromatic heterocycles. The second-order valence-corrected chi connectivity index (χ2v) is 5.02. The minimum Gasteiger partial charge on any atom is -0.355 e. The Kier molecular flexibility index (Phi) is 6.66. The number of nitrogens with zero attached hydrogens (tertiary/aromatic N) is 1. The monoisotopic (exact) mass is 279 g/mol. The highest BCUT2D eigenvalue weighted by atomic mass is 16.6. The SMILES string of the molecule is CC(C)CCNC(=O)CNCc1ccccc1[N+](=O)[O-]. The molecule has 0 atom stereocenters. The van der Waals surface area contributed by atoms with Crippen LogP contribution in [0.5, 0.6) is 0 Å². The van der Waals surface area contributed by atoms with Crippen molar-refractivity contribution in [2.24, 2.45) is 5.92 Å². The number of benzene rings is 1. The van der Waals surface area contributed by atoms with Crippen LogP contribution in [-0.4, -0.2) is 23.9 Å². The number of amides is 1. The zero-order valence-electron chi connectivity index (χ0n) is 11.9. The molecule has 0 aliphatic rings. The van der Waals surface area contributed by atoms with Crippen molar-refractivity contribution in [3.8, 4) is 0 Å². The van der Waals surface area contributed by atoms with E-state index in [1.807, 2.05) is 0 Å². The van der Waals surface area contributed by atoms with E-state index in [1.165, 1.54) is 6.07 Å². The molecular weight excluding hydrogens is 258 g/mol. The van der Waals surface area contributed by atoms with Crippen molar-refractivity contribution in [3.05, 3.63) is 39.9 Å². The van der Waals surface area contributed by atoms with E-state index in [1.54, 1.807) is 18.2 Å². The first-order chi connectivity index (χ1) is 9.50. The Morgan fingerprint density at radius 3 is 2.70 bits per heavy atom. The zero-order valence-corrected chi connectivity index (χ0v) is 11.9. The summed E-state index contributed by atoms with van der Waals surface area (Å²) in [4.78, 5) is 21.9. The molecule has 20 heavy (non-hydrogen) atoms. The van der Waals surface area contributed by atoms with Crippen molar-refractivity contribution in [1.29, 1.82) is 0 Å². The average Bonchev–Trinajstić information content (AvgIpc) is 2.38. The quantitative estimate of drug-likeness (QED) is 0.562. The van der Waals surface area contributed by atoms with Gasteiger partial charge in [-0.25, -0.2) is 0 Å². The van der Waals surface area contributed by atoms with Gasteiger partial charge in [0.15, 0.2) is 0 Å². The Balaban J connectivity index is 2.34. The lowest BCUT2D eigenvalue weighted by Gasteiger charge is -2.08. The van der Waals surface area contributed by atoms with Crippen LogP contribution in [0.25, 0.3) is 0 Å². The van der Waals surface area contributed by atoms with Crippen LogP contribution < -0.4 is 10.6 Å². The van der Waals surface area contributed by atoms with Gasteiger partial charge in [-0.15, -0.1) is 0 Å². The van der Waals surface area contributed by atoms with Gasteiger partial charge in [0, 0.05) is 24.7 Å². The molecule has 0 aliphatic carbocycles. The summed E-state index contributed by atoms with van der Waals surface area (Å²) in [7, 11) is 0. The fraction of sp³-hybridized carbons (Fsp3) is 0.500. The van der Waals surface area contributed by atoms with E-state index in [0.29, 0.717) is 24.6 Å². The second kappa shape index (κ2) is 8.27. The van der Waals surface area contributed by atoms with E-state index in [0.717, 1.165) is 6.42 Å². The smallest absolute Gasteiger partial charge is 0.273 e. The molecular formula is C14H21N3O3. The van der Waals surface area contributed by atoms with Crippen LogP contribution in [0, 0.1) is 16.0 Å². The first kappa shape index (κ1) is 16.1. The Labute approximate surface area is 118 Å². The number of carbonyl (C=O) groups excluding carboxylic acids is 1. The molecule has 0 aliphatic heterocycles. The first-order valence-corrected chi connectivity index (χ1v) is 6.70. The van der Waals surface area contributed by atoms with E-state index in [2.05, 4.69) is 24.5 Å². The lowest BCUT2D eigenvalue weighted by molar-refractivity contribution is -0.385. The van der Waals surface area contributed by atoms with Gasteiger partial charge >= 0.3 is 0 Å². The largest absolute Gasteiger partial charge is 0.355 e. The van der Waals surface area contributed by atoms with Gasteiger partial charge in [0.25, 0.3) is 5.69 Å². The number of nitro benzene ring substituents is 1. The van der Waals surface area contributed by atoms with Gasteiger partial charge in [0.2, 0.25) is 5.91 Å². The molecule has 0 fully saturated rings. The van der Waals surface area contributed by atoms with Gasteiger partial charge in [-0.3, -0.25) is 14.9 Å². The van der Waals surface area contributed by atoms with Crippen molar-refractivity contribution in [1.82, 2.24) is 10.6 Å². The van der Waals surface area contributed by atoms with Crippen LogP contribution in [0.15, 0.2) is 24.3 Å². The Hall–Kier alpha value is -1.95. The maximum Gasteiger partial charge on any atom is 0.273 e. The van der Waals surface area contributed by atoms with E-state index in [-0.39, 0.29) is 18.1 Å². The summed E-state index contributed by atoms with van der Waals surface area (Å²) in [6.45, 7) is 5.31. The molecule has 0 saturated heterocycles. The van der Waals surface area contributed by atoms with E-state index >= 15 is 0 Å². The van der Waals surface area contributed by atoms with Crippen LogP contribution in [0.4, 0.5) is 5.69 Å². The fourth-order valence-electron chi connectivity index (χ4n) is 1.71. The highest BCUT2D eigenvalue weighted by Gasteiger charge is 2.11. The predicted octanol–water partition coefficient (Wildman–Crippen LogP) is 1.85. The number of rotatable bonds is 8. The summed E-state index contributed by atoms with van der Waals surface area (Å²) < 4.78 is 0. The van der Waals surface area contributed by atoms with Crippen molar-refractivity contribution in [2.45, 2.75) is 26.8 Å². The van der Waals surface area contributed by atoms with Gasteiger partial charge in [-0.05, 0) is 12.3 Å². The summed E-state index contributed by atoms with van der Waals surface area (Å²) in [6.07, 6.45) is 0.940. The standard InChI is InChI=1S/C14H21N3O3/c1-11(2)7-8-16-14(18)10-15-9-12-5-3-4-6-13(12)17(19)20/h3-6,11,15H,7-10H2,1-2H3,(H,16,18). The molecule has 0 radical (unpaired) electrons. The van der Waals surface area contributed by atoms with Gasteiger partial charge in [-0.1, -0.05) is 32.0 Å². The van der Waals surface area contributed by atoms with Crippen molar-refractivity contribution < 1.29 is 9.72 Å². The number of nitrogens with one attached hydrogen (secondary N) is 2. The molecule has 0 spiro atoms. The van der Waals surface area contributed by atoms with Crippen molar-refractivity contribution >= 4 is 11.6 Å². The third kappa shape index (κ3) is 5.79. The molecule has 1 amide bonds. The molecule has 0 bridgehead atoms. The highest BCUT2D eigenvalue weighted by Crippen LogP contribution is 2.16. The van der Waals surface area contributed by atoms with Crippen LogP contribution in [0.2, 0.25) is 0 Å². The Bertz CT molecular complexity index is 461. The Morgan fingerprint density at radius 2 is 2.05 bits per heavy atom. The maximum atomic E-state index is 11.5. The number of nitro groups is 1. The minimum atomic E-state index is -0.417. The van der Waals surface area contributed by atoms with Gasteiger partial charge in [0.1, 0.15) is 0 Å². The summed E-state index contributed by atoms with van der Waals surface area (Å²) in [5.41, 5.74) is 0.646. The molecule has 0 saturated carbocycles. The highest BCUT2D eigenvalue weighted by molar-refractivity contribution is 5.77. The molecule has 2 N–H and O–H groups in total. The molecule has 1 aromatic rings. The molecule has 6 heteroatoms. The normalized spacial score (nSPS) is 10.6. The van der Waals surface area contributed by atoms with E-state index in [9.17, 15) is 14.9 Å². The van der Waals surface area contributed by atoms with Crippen LogP contribution >= 0.6 is 0 Å². The van der Waals surface area contributed by atoms with Crippen LogP contribution in [0.3, 0.4) is 0 Å². The van der Waals surface area contributed by atoms with Crippen LogP contribution in [0.1, 0.15) is 25.8 Å². The minimum absolute atomic E-state index is 0.0696. The molecule has 6 nitrogen and oxygen atoms in total. The average molecular weight is 279 g/mol. The van der Waals surface area contributed by atoms with E-state index in [4.69, 9.17) is 0 Å². The topological polar surface area (TPSA) is 84.3 Å². The summed E-state index contributed by atoms with van der Waals surface area (Å²) in [6, 6.07) is 6.51. The number of hydrogen-bond donors (Lipinski definition) is 2. The lowest BCUT2D eigenvalue weighted by Crippen LogP contribution is -2.34. The molecule has 1 aromatic carbocycles. The number of hydrogen-bond acceptors (Lipinski definition) is 4. The summed E-state index contributed by atoms with van der Waals surface area (Å²) in [5, 5.41) is 16.5. The second-order valence-electron chi connectivity index (χ2n) is 5.02. The zero-order chi connectivity index (χ0) is 15.0. The van der Waals surface area contributed by atoms with Gasteiger partial charge in [0.05, 0.1) is 11.5 Å². The van der Waals surface area contributed by atoms with Crippen molar-refractivity contribution in [2.75, 3.05) is 13.1 Å². The van der Waals surface area contributed by atoms with E-state index < -0.39 is 4.92 Å². The molecule has 0 heterocycles. The molecule has 110 valence electrons.